The first-order chi connectivity index (χ1) is 16.4. The topological polar surface area (TPSA) is 104 Å². The molecule has 4 aromatic rings. The Morgan fingerprint density at radius 1 is 1.00 bits per heavy atom. The van der Waals surface area contributed by atoms with Gasteiger partial charge >= 0.3 is 12.1 Å². The molecule has 0 aliphatic heterocycles. The van der Waals surface area contributed by atoms with Gasteiger partial charge < -0.3 is 14.8 Å². The minimum Gasteiger partial charge on any atom is -0.481 e. The van der Waals surface area contributed by atoms with Gasteiger partial charge in [-0.15, -0.1) is 0 Å². The predicted octanol–water partition coefficient (Wildman–Crippen LogP) is 6.33. The van der Waals surface area contributed by atoms with Gasteiger partial charge in [-0.1, -0.05) is 78.3 Å². The minimum atomic E-state index is -0.859. The molecule has 1 aromatic heterocycles. The zero-order chi connectivity index (χ0) is 24.1. The van der Waals surface area contributed by atoms with Gasteiger partial charge in [0, 0.05) is 16.1 Å². The number of carboxylic acids is 1. The molecule has 1 amide bonds. The number of benzene rings is 3. The van der Waals surface area contributed by atoms with Crippen molar-refractivity contribution in [3.8, 4) is 22.4 Å². The van der Waals surface area contributed by atoms with Crippen molar-refractivity contribution in [3.63, 3.8) is 0 Å². The molecule has 4 rings (SSSR count). The predicted molar refractivity (Wildman–Crippen MR) is 131 cm³/mol. The van der Waals surface area contributed by atoms with Gasteiger partial charge in [-0.05, 0) is 29.7 Å². The van der Waals surface area contributed by atoms with Gasteiger partial charge in [0.25, 0.3) is 0 Å². The van der Waals surface area contributed by atoms with Crippen LogP contribution in [0.25, 0.3) is 22.4 Å². The summed E-state index contributed by atoms with van der Waals surface area (Å²) in [6, 6.07) is 22.3. The van der Waals surface area contributed by atoms with E-state index in [-0.39, 0.29) is 6.42 Å². The smallest absolute Gasteiger partial charge is 0.413 e. The van der Waals surface area contributed by atoms with Crippen molar-refractivity contribution in [2.45, 2.75) is 19.4 Å². The summed E-state index contributed by atoms with van der Waals surface area (Å²) in [6.07, 6.45) is 0.336. The molecule has 34 heavy (non-hydrogen) atoms. The van der Waals surface area contributed by atoms with E-state index in [1.807, 2.05) is 66.7 Å². The molecule has 0 radical (unpaired) electrons. The van der Waals surface area contributed by atoms with Crippen molar-refractivity contribution < 1.29 is 19.4 Å². The lowest BCUT2D eigenvalue weighted by molar-refractivity contribution is -0.136. The Hall–Kier alpha value is -4.10. The molecule has 3 N–H and O–H groups in total. The summed E-state index contributed by atoms with van der Waals surface area (Å²) in [6.45, 7) is 1.75. The molecule has 1 unspecified atom stereocenters. The zero-order valence-corrected chi connectivity index (χ0v) is 19.0. The Balaban J connectivity index is 1.44. The number of ether oxygens (including phenoxy) is 1. The van der Waals surface area contributed by atoms with Gasteiger partial charge in [-0.3, -0.25) is 10.1 Å². The third-order valence-electron chi connectivity index (χ3n) is 5.29. The lowest BCUT2D eigenvalue weighted by atomic mass is 10.0. The monoisotopic (exact) mass is 475 g/mol. The molecule has 7 nitrogen and oxygen atoms in total. The molecule has 0 bridgehead atoms. The van der Waals surface area contributed by atoms with Crippen LogP contribution in [0.15, 0.2) is 79.1 Å². The second-order valence-corrected chi connectivity index (χ2v) is 8.07. The molecular formula is C26H22ClN3O4. The number of aromatic nitrogens is 2. The van der Waals surface area contributed by atoms with Crippen molar-refractivity contribution in [1.29, 1.82) is 0 Å². The van der Waals surface area contributed by atoms with E-state index in [4.69, 9.17) is 21.4 Å². The molecule has 1 heterocycles. The number of rotatable bonds is 7. The molecule has 1 atom stereocenters. The van der Waals surface area contributed by atoms with E-state index in [1.54, 1.807) is 13.0 Å². The van der Waals surface area contributed by atoms with Gasteiger partial charge in [-0.2, -0.15) is 0 Å². The third-order valence-corrected chi connectivity index (χ3v) is 5.64. The van der Waals surface area contributed by atoms with Crippen LogP contribution in [-0.2, 0) is 16.0 Å². The van der Waals surface area contributed by atoms with Crippen LogP contribution in [0.2, 0.25) is 5.02 Å². The van der Waals surface area contributed by atoms with Crippen LogP contribution in [-0.4, -0.2) is 27.1 Å². The molecule has 0 spiro atoms. The molecule has 172 valence electrons. The Labute approximate surface area is 201 Å². The Kier molecular flexibility index (Phi) is 6.94. The molecule has 0 fully saturated rings. The minimum absolute atomic E-state index is 0.00620. The maximum Gasteiger partial charge on any atom is 0.413 e. The van der Waals surface area contributed by atoms with Crippen LogP contribution >= 0.6 is 11.6 Å². The first-order valence-electron chi connectivity index (χ1n) is 10.6. The van der Waals surface area contributed by atoms with Crippen LogP contribution in [0.5, 0.6) is 0 Å². The summed E-state index contributed by atoms with van der Waals surface area (Å²) < 4.78 is 5.47. The number of carbonyl (C=O) groups excluding carboxylic acids is 1. The molecule has 0 aliphatic rings. The number of aromatic amines is 1. The first kappa shape index (κ1) is 23.1. The fourth-order valence-electron chi connectivity index (χ4n) is 3.58. The van der Waals surface area contributed by atoms with E-state index in [0.29, 0.717) is 16.5 Å². The second kappa shape index (κ2) is 10.2. The molecule has 0 aliphatic carbocycles. The fourth-order valence-corrected chi connectivity index (χ4v) is 3.87. The van der Waals surface area contributed by atoms with Gasteiger partial charge in [0.05, 0.1) is 12.7 Å². The van der Waals surface area contributed by atoms with Crippen molar-refractivity contribution in [3.05, 3.63) is 95.3 Å². The molecule has 0 saturated carbocycles. The average Bonchev–Trinajstić information content (AvgIpc) is 3.27. The van der Waals surface area contributed by atoms with Crippen LogP contribution < -0.4 is 5.32 Å². The summed E-state index contributed by atoms with van der Waals surface area (Å²) in [5.74, 6) is -0.440. The van der Waals surface area contributed by atoms with E-state index in [1.165, 1.54) is 6.33 Å². The summed E-state index contributed by atoms with van der Waals surface area (Å²) in [5, 5.41) is 12.1. The number of carbonyl (C=O) groups is 2. The number of amides is 1. The van der Waals surface area contributed by atoms with Gasteiger partial charge in [-0.25, -0.2) is 9.78 Å². The van der Waals surface area contributed by atoms with Crippen LogP contribution in [0.4, 0.5) is 10.6 Å². The molecule has 0 saturated heterocycles. The highest BCUT2D eigenvalue weighted by Gasteiger charge is 2.17. The van der Waals surface area contributed by atoms with Crippen molar-refractivity contribution in [1.82, 2.24) is 9.97 Å². The Morgan fingerprint density at radius 3 is 2.26 bits per heavy atom. The maximum atomic E-state index is 12.5. The number of imidazole rings is 1. The normalized spacial score (nSPS) is 11.6. The van der Waals surface area contributed by atoms with Crippen LogP contribution in [0, 0.1) is 0 Å². The number of nitrogens with zero attached hydrogens (tertiary/aromatic N) is 1. The summed E-state index contributed by atoms with van der Waals surface area (Å²) in [5.41, 5.74) is 4.79. The van der Waals surface area contributed by atoms with Gasteiger partial charge in [0.15, 0.2) is 0 Å². The van der Waals surface area contributed by atoms with E-state index < -0.39 is 18.2 Å². The standard InChI is InChI=1S/C26H22ClN3O4/c1-16(21-4-2-3-5-22(21)27)34-26(33)30-25-24(28-15-29-25)20-12-10-19(11-13-20)18-8-6-17(7-9-18)14-23(31)32/h2-13,15-16H,14H2,1H3,(H,28,29)(H,30,33)(H,31,32). The Bertz CT molecular complexity index is 1300. The number of hydrogen-bond donors (Lipinski definition) is 3. The van der Waals surface area contributed by atoms with Crippen LogP contribution in [0.3, 0.4) is 0 Å². The van der Waals surface area contributed by atoms with Crippen molar-refractivity contribution in [2.75, 3.05) is 5.32 Å². The highest BCUT2D eigenvalue weighted by atomic mass is 35.5. The van der Waals surface area contributed by atoms with E-state index in [0.717, 1.165) is 27.8 Å². The zero-order valence-electron chi connectivity index (χ0n) is 18.3. The molecular weight excluding hydrogens is 454 g/mol. The number of carboxylic acid groups (broad SMARTS) is 1. The summed E-state index contributed by atoms with van der Waals surface area (Å²) >= 11 is 6.18. The van der Waals surface area contributed by atoms with Crippen LogP contribution in [0.1, 0.15) is 24.2 Å². The van der Waals surface area contributed by atoms with E-state index >= 15 is 0 Å². The third kappa shape index (κ3) is 5.44. The lowest BCUT2D eigenvalue weighted by Gasteiger charge is -2.15. The average molecular weight is 476 g/mol. The van der Waals surface area contributed by atoms with E-state index in [9.17, 15) is 9.59 Å². The quantitative estimate of drug-likeness (QED) is 0.289. The number of nitrogens with one attached hydrogen (secondary N) is 2. The molecule has 8 heteroatoms. The summed E-state index contributed by atoms with van der Waals surface area (Å²) in [4.78, 5) is 30.6. The number of anilines is 1. The maximum absolute atomic E-state index is 12.5. The van der Waals surface area contributed by atoms with Gasteiger partial charge in [0.1, 0.15) is 17.6 Å². The number of H-pyrrole nitrogens is 1. The van der Waals surface area contributed by atoms with Crippen molar-refractivity contribution >= 4 is 29.5 Å². The highest BCUT2D eigenvalue weighted by molar-refractivity contribution is 6.31. The molecule has 3 aromatic carbocycles. The summed E-state index contributed by atoms with van der Waals surface area (Å²) in [7, 11) is 0. The van der Waals surface area contributed by atoms with Gasteiger partial charge in [0.2, 0.25) is 0 Å². The highest BCUT2D eigenvalue weighted by Crippen LogP contribution is 2.29. The number of hydrogen-bond acceptors (Lipinski definition) is 4. The van der Waals surface area contributed by atoms with Crippen molar-refractivity contribution in [2.24, 2.45) is 0 Å². The first-order valence-corrected chi connectivity index (χ1v) is 11.0. The SMILES string of the molecule is CC(OC(=O)Nc1[nH]cnc1-c1ccc(-c2ccc(CC(=O)O)cc2)cc1)c1ccccc1Cl. The fraction of sp³-hybridized carbons (Fsp3) is 0.115. The van der Waals surface area contributed by atoms with E-state index in [2.05, 4.69) is 15.3 Å². The number of halogens is 1. The Morgan fingerprint density at radius 2 is 1.62 bits per heavy atom. The second-order valence-electron chi connectivity index (χ2n) is 7.66. The lowest BCUT2D eigenvalue weighted by Crippen LogP contribution is -2.17. The number of aliphatic carboxylic acids is 1. The largest absolute Gasteiger partial charge is 0.481 e.